The zero-order chi connectivity index (χ0) is 24.4. The van der Waals surface area contributed by atoms with Crippen LogP contribution in [0.4, 0.5) is 0 Å². The van der Waals surface area contributed by atoms with Crippen LogP contribution in [0.1, 0.15) is 25.5 Å². The van der Waals surface area contributed by atoms with E-state index in [0.29, 0.717) is 41.4 Å². The molecule has 1 saturated heterocycles. The maximum absolute atomic E-state index is 6.54. The van der Waals surface area contributed by atoms with Crippen molar-refractivity contribution >= 4 is 23.2 Å². The molecule has 1 aliphatic rings. The van der Waals surface area contributed by atoms with E-state index in [1.807, 2.05) is 53.6 Å². The Kier molecular flexibility index (Phi) is 6.84. The molecule has 0 bridgehead atoms. The zero-order valence-electron chi connectivity index (χ0n) is 19.5. The molecule has 9 heteroatoms. The molecule has 35 heavy (non-hydrogen) atoms. The molecule has 0 unspecified atom stereocenters. The van der Waals surface area contributed by atoms with Crippen LogP contribution in [-0.4, -0.2) is 38.4 Å². The van der Waals surface area contributed by atoms with Crippen LogP contribution in [0.2, 0.25) is 10.0 Å². The molecule has 1 fully saturated rings. The molecule has 7 nitrogen and oxygen atoms in total. The predicted octanol–water partition coefficient (Wildman–Crippen LogP) is 5.98. The summed E-state index contributed by atoms with van der Waals surface area (Å²) < 4.78 is 22.8. The fourth-order valence-corrected chi connectivity index (χ4v) is 4.78. The van der Waals surface area contributed by atoms with Crippen molar-refractivity contribution in [2.45, 2.75) is 38.3 Å². The summed E-state index contributed by atoms with van der Waals surface area (Å²) in [5.74, 6) is -0.320. The van der Waals surface area contributed by atoms with E-state index in [1.165, 1.54) is 0 Å². The van der Waals surface area contributed by atoms with Crippen LogP contribution in [0.5, 0.6) is 5.75 Å². The Hall–Kier alpha value is -2.84. The van der Waals surface area contributed by atoms with Crippen molar-refractivity contribution in [3.8, 4) is 17.0 Å². The molecule has 0 radical (unpaired) electrons. The summed E-state index contributed by atoms with van der Waals surface area (Å²) >= 11 is 12.7. The molecule has 0 aliphatic carbocycles. The van der Waals surface area contributed by atoms with Gasteiger partial charge in [0.05, 0.1) is 42.7 Å². The van der Waals surface area contributed by atoms with E-state index in [1.54, 1.807) is 24.7 Å². The second kappa shape index (κ2) is 10.0. The van der Waals surface area contributed by atoms with E-state index in [4.69, 9.17) is 37.4 Å². The number of hydrogen-bond donors (Lipinski definition) is 0. The highest BCUT2D eigenvalue weighted by atomic mass is 35.5. The largest absolute Gasteiger partial charge is 0.491 e. The summed E-state index contributed by atoms with van der Waals surface area (Å²) in [5, 5.41) is 1.03. The normalized spacial score (nSPS) is 20.0. The molecule has 2 aromatic carbocycles. The van der Waals surface area contributed by atoms with E-state index < -0.39 is 5.79 Å². The summed E-state index contributed by atoms with van der Waals surface area (Å²) in [6.07, 6.45) is 8.73. The summed E-state index contributed by atoms with van der Waals surface area (Å²) in [7, 11) is 0. The molecule has 2 atom stereocenters. The van der Waals surface area contributed by atoms with Gasteiger partial charge in [-0.15, -0.1) is 0 Å². The van der Waals surface area contributed by atoms with Crippen LogP contribution >= 0.6 is 23.2 Å². The second-order valence-corrected chi connectivity index (χ2v) is 9.62. The fraction of sp³-hybridized carbons (Fsp3) is 0.308. The molecule has 0 saturated carbocycles. The minimum atomic E-state index is -1.07. The highest BCUT2D eigenvalue weighted by Crippen LogP contribution is 2.40. The van der Waals surface area contributed by atoms with Crippen LogP contribution in [0, 0.1) is 0 Å². The van der Waals surface area contributed by atoms with Gasteiger partial charge in [0.1, 0.15) is 18.5 Å². The van der Waals surface area contributed by atoms with Gasteiger partial charge in [-0.3, -0.25) is 0 Å². The lowest BCUT2D eigenvalue weighted by molar-refractivity contribution is -0.189. The predicted molar refractivity (Wildman–Crippen MR) is 135 cm³/mol. The minimum Gasteiger partial charge on any atom is -0.491 e. The molecule has 2 aromatic heterocycles. The topological polar surface area (TPSA) is 63.3 Å². The van der Waals surface area contributed by atoms with Crippen LogP contribution in [0.3, 0.4) is 0 Å². The first kappa shape index (κ1) is 23.9. The van der Waals surface area contributed by atoms with Crippen LogP contribution in [0.15, 0.2) is 73.7 Å². The number of benzene rings is 2. The van der Waals surface area contributed by atoms with Gasteiger partial charge in [0, 0.05) is 34.6 Å². The first-order chi connectivity index (χ1) is 16.9. The lowest BCUT2D eigenvalue weighted by Gasteiger charge is -2.30. The van der Waals surface area contributed by atoms with Crippen molar-refractivity contribution in [1.82, 2.24) is 19.1 Å². The zero-order valence-corrected chi connectivity index (χ0v) is 21.0. The summed E-state index contributed by atoms with van der Waals surface area (Å²) in [6.45, 7) is 5.36. The maximum atomic E-state index is 6.54. The van der Waals surface area contributed by atoms with Crippen molar-refractivity contribution < 1.29 is 14.2 Å². The average Bonchev–Trinajstić information content (AvgIpc) is 3.60. The van der Waals surface area contributed by atoms with Crippen molar-refractivity contribution in [3.63, 3.8) is 0 Å². The van der Waals surface area contributed by atoms with Crippen molar-refractivity contribution in [3.05, 3.63) is 89.3 Å². The number of ether oxygens (including phenoxy) is 3. The summed E-state index contributed by atoms with van der Waals surface area (Å²) in [4.78, 5) is 8.41. The van der Waals surface area contributed by atoms with Crippen molar-refractivity contribution in [2.75, 3.05) is 13.2 Å². The molecule has 5 rings (SSSR count). The third-order valence-electron chi connectivity index (χ3n) is 5.96. The van der Waals surface area contributed by atoms with Gasteiger partial charge in [-0.25, -0.2) is 9.97 Å². The van der Waals surface area contributed by atoms with Gasteiger partial charge in [-0.2, -0.15) is 0 Å². The van der Waals surface area contributed by atoms with Gasteiger partial charge >= 0.3 is 0 Å². The maximum Gasteiger partial charge on any atom is 0.215 e. The Labute approximate surface area is 214 Å². The lowest BCUT2D eigenvalue weighted by Crippen LogP contribution is -2.34. The van der Waals surface area contributed by atoms with Gasteiger partial charge in [0.25, 0.3) is 0 Å². The second-order valence-electron chi connectivity index (χ2n) is 8.78. The molecule has 0 N–H and O–H groups in total. The Morgan fingerprint density at radius 2 is 1.94 bits per heavy atom. The smallest absolute Gasteiger partial charge is 0.215 e. The Bertz CT molecular complexity index is 1270. The van der Waals surface area contributed by atoms with Crippen molar-refractivity contribution in [1.29, 1.82) is 0 Å². The number of rotatable bonds is 8. The number of halogens is 2. The summed E-state index contributed by atoms with van der Waals surface area (Å²) in [6, 6.07) is 13.6. The summed E-state index contributed by atoms with van der Waals surface area (Å²) in [5.41, 5.74) is 2.87. The molecule has 4 aromatic rings. The molecular weight excluding hydrogens is 487 g/mol. The van der Waals surface area contributed by atoms with E-state index in [2.05, 4.69) is 28.4 Å². The minimum absolute atomic E-state index is 0.285. The molecule has 0 amide bonds. The molecule has 1 aliphatic heterocycles. The van der Waals surface area contributed by atoms with Crippen LogP contribution in [0.25, 0.3) is 11.3 Å². The van der Waals surface area contributed by atoms with Crippen LogP contribution in [-0.2, 0) is 21.8 Å². The monoisotopic (exact) mass is 512 g/mol. The Morgan fingerprint density at radius 3 is 2.66 bits per heavy atom. The number of imidazole rings is 2. The fourth-order valence-electron chi connectivity index (χ4n) is 4.23. The lowest BCUT2D eigenvalue weighted by atomic mass is 10.1. The first-order valence-corrected chi connectivity index (χ1v) is 12.2. The Morgan fingerprint density at radius 1 is 1.11 bits per heavy atom. The van der Waals surface area contributed by atoms with E-state index >= 15 is 0 Å². The third-order valence-corrected chi connectivity index (χ3v) is 6.51. The first-order valence-electron chi connectivity index (χ1n) is 11.4. The average molecular weight is 513 g/mol. The number of nitrogens with zero attached hydrogens (tertiary/aromatic N) is 4. The number of hydrogen-bond acceptors (Lipinski definition) is 5. The van der Waals surface area contributed by atoms with Gasteiger partial charge in [-0.1, -0.05) is 29.3 Å². The third kappa shape index (κ3) is 5.09. The van der Waals surface area contributed by atoms with Crippen LogP contribution < -0.4 is 4.74 Å². The van der Waals surface area contributed by atoms with Gasteiger partial charge < -0.3 is 23.3 Å². The van der Waals surface area contributed by atoms with E-state index in [0.717, 1.165) is 17.0 Å². The van der Waals surface area contributed by atoms with Gasteiger partial charge in [0.15, 0.2) is 0 Å². The van der Waals surface area contributed by atoms with Gasteiger partial charge in [0.2, 0.25) is 5.79 Å². The van der Waals surface area contributed by atoms with Gasteiger partial charge in [-0.05, 0) is 50.2 Å². The number of aromatic nitrogens is 4. The quantitative estimate of drug-likeness (QED) is 0.290. The SMILES string of the molecule is CC(C)n1cncc1-c1ccc(OC[C@H]2CO[C@@](Cn3ccnc3)(c3ccc(Cl)cc3Cl)O2)cc1. The van der Waals surface area contributed by atoms with E-state index in [-0.39, 0.29) is 6.10 Å². The highest BCUT2D eigenvalue weighted by Gasteiger charge is 2.45. The van der Waals surface area contributed by atoms with E-state index in [9.17, 15) is 0 Å². The highest BCUT2D eigenvalue weighted by molar-refractivity contribution is 6.35. The molecule has 182 valence electrons. The van der Waals surface area contributed by atoms with Crippen molar-refractivity contribution in [2.24, 2.45) is 0 Å². The Balaban J connectivity index is 1.29. The molecule has 0 spiro atoms. The molecule has 3 heterocycles. The standard InChI is InChI=1S/C26H26Cl2N4O3/c1-18(2)32-17-30-12-25(32)19-3-6-21(7-4-19)33-13-22-14-34-26(35-22,15-31-10-9-29-16-31)23-8-5-20(27)11-24(23)28/h3-12,16-18,22H,13-15H2,1-2H3/t22-,26+/m0/s1. The molecular formula is C26H26Cl2N4O3.